The minimum absolute atomic E-state index is 0.0963. The topological polar surface area (TPSA) is 29.1 Å². The number of aryl methyl sites for hydroxylation is 2. The molecule has 0 aliphatic heterocycles. The van der Waals surface area contributed by atoms with E-state index in [0.29, 0.717) is 5.56 Å². The van der Waals surface area contributed by atoms with Crippen LogP contribution in [0.1, 0.15) is 21.5 Å². The van der Waals surface area contributed by atoms with Crippen LogP contribution < -0.4 is 5.32 Å². The van der Waals surface area contributed by atoms with E-state index in [2.05, 4.69) is 37.2 Å². The average Bonchev–Trinajstić information content (AvgIpc) is 2.34. The Morgan fingerprint density at radius 1 is 0.947 bits per heavy atom. The molecule has 0 saturated heterocycles. The molecule has 0 fully saturated rings. The predicted molar refractivity (Wildman–Crippen MR) is 85.7 cm³/mol. The summed E-state index contributed by atoms with van der Waals surface area (Å²) in [5, 5.41) is 2.97. The molecule has 19 heavy (non-hydrogen) atoms. The molecule has 0 unspecified atom stereocenters. The number of hydrogen-bond donors (Lipinski definition) is 1. The summed E-state index contributed by atoms with van der Waals surface area (Å²) in [7, 11) is 0. The van der Waals surface area contributed by atoms with Crippen LogP contribution in [-0.2, 0) is 0 Å². The molecule has 2 aromatic carbocycles. The third kappa shape index (κ3) is 3.45. The van der Waals surface area contributed by atoms with Crippen LogP contribution in [0.4, 0.5) is 5.69 Å². The summed E-state index contributed by atoms with van der Waals surface area (Å²) in [6.45, 7) is 3.96. The molecule has 0 saturated carbocycles. The van der Waals surface area contributed by atoms with E-state index in [0.717, 1.165) is 25.8 Å². The van der Waals surface area contributed by atoms with Crippen LogP contribution in [0.2, 0.25) is 0 Å². The van der Waals surface area contributed by atoms with Crippen molar-refractivity contribution >= 4 is 43.5 Å². The van der Waals surface area contributed by atoms with Gasteiger partial charge in [-0.15, -0.1) is 0 Å². The molecule has 98 valence electrons. The molecule has 2 nitrogen and oxygen atoms in total. The van der Waals surface area contributed by atoms with Gasteiger partial charge in [0.15, 0.2) is 0 Å². The van der Waals surface area contributed by atoms with Gasteiger partial charge in [0, 0.05) is 20.2 Å². The van der Waals surface area contributed by atoms with Gasteiger partial charge in [-0.05, 0) is 61.4 Å². The van der Waals surface area contributed by atoms with E-state index >= 15 is 0 Å². The molecule has 1 amide bonds. The van der Waals surface area contributed by atoms with Crippen LogP contribution in [0.25, 0.3) is 0 Å². The molecule has 0 aliphatic carbocycles. The summed E-state index contributed by atoms with van der Waals surface area (Å²) in [6, 6.07) is 11.3. The van der Waals surface area contributed by atoms with E-state index in [1.54, 1.807) is 12.1 Å². The van der Waals surface area contributed by atoms with Gasteiger partial charge in [0.25, 0.3) is 5.91 Å². The maximum atomic E-state index is 12.2. The highest BCUT2D eigenvalue weighted by Gasteiger charge is 2.10. The number of anilines is 1. The number of nitrogens with one attached hydrogen (secondary N) is 1. The van der Waals surface area contributed by atoms with Crippen LogP contribution in [-0.4, -0.2) is 5.91 Å². The maximum Gasteiger partial charge on any atom is 0.255 e. The smallest absolute Gasteiger partial charge is 0.255 e. The predicted octanol–water partition coefficient (Wildman–Crippen LogP) is 5.08. The molecule has 0 radical (unpaired) electrons. The number of hydrogen-bond acceptors (Lipinski definition) is 1. The SMILES string of the molecule is Cc1cc(Br)cc(C)c1NC(=O)c1ccc(Br)cc1. The highest BCUT2D eigenvalue weighted by atomic mass is 79.9. The maximum absolute atomic E-state index is 12.2. The minimum atomic E-state index is -0.0963. The fourth-order valence-corrected chi connectivity index (χ4v) is 2.85. The van der Waals surface area contributed by atoms with Crippen LogP contribution in [0, 0.1) is 13.8 Å². The van der Waals surface area contributed by atoms with Crippen molar-refractivity contribution in [2.24, 2.45) is 0 Å². The molecule has 0 spiro atoms. The first kappa shape index (κ1) is 14.3. The number of carbonyl (C=O) groups excluding carboxylic acids is 1. The fraction of sp³-hybridized carbons (Fsp3) is 0.133. The van der Waals surface area contributed by atoms with Gasteiger partial charge in [-0.2, -0.15) is 0 Å². The quantitative estimate of drug-likeness (QED) is 0.770. The van der Waals surface area contributed by atoms with Crippen LogP contribution in [0.15, 0.2) is 45.3 Å². The third-order valence-corrected chi connectivity index (χ3v) is 3.83. The zero-order valence-electron chi connectivity index (χ0n) is 10.6. The highest BCUT2D eigenvalue weighted by molar-refractivity contribution is 9.10. The molecule has 4 heteroatoms. The van der Waals surface area contributed by atoms with E-state index in [-0.39, 0.29) is 5.91 Å². The zero-order chi connectivity index (χ0) is 14.0. The van der Waals surface area contributed by atoms with Crippen molar-refractivity contribution < 1.29 is 4.79 Å². The largest absolute Gasteiger partial charge is 0.322 e. The molecule has 0 aliphatic rings. The number of halogens is 2. The zero-order valence-corrected chi connectivity index (χ0v) is 13.8. The Bertz CT molecular complexity index is 598. The minimum Gasteiger partial charge on any atom is -0.322 e. The first-order valence-corrected chi connectivity index (χ1v) is 7.39. The van der Waals surface area contributed by atoms with Crippen molar-refractivity contribution in [3.05, 3.63) is 62.0 Å². The standard InChI is InChI=1S/C15H13Br2NO/c1-9-7-13(17)8-10(2)14(9)18-15(19)11-3-5-12(16)6-4-11/h3-8H,1-2H3,(H,18,19). The van der Waals surface area contributed by atoms with Gasteiger partial charge in [-0.25, -0.2) is 0 Å². The Labute approximate surface area is 129 Å². The third-order valence-electron chi connectivity index (χ3n) is 2.84. The van der Waals surface area contributed by atoms with E-state index in [1.165, 1.54) is 0 Å². The van der Waals surface area contributed by atoms with Gasteiger partial charge in [0.1, 0.15) is 0 Å². The van der Waals surface area contributed by atoms with Crippen molar-refractivity contribution in [2.75, 3.05) is 5.32 Å². The van der Waals surface area contributed by atoms with Crippen molar-refractivity contribution in [3.8, 4) is 0 Å². The molecule has 0 bridgehead atoms. The highest BCUT2D eigenvalue weighted by Crippen LogP contribution is 2.25. The fourth-order valence-electron chi connectivity index (χ4n) is 1.89. The van der Waals surface area contributed by atoms with Crippen LogP contribution in [0.5, 0.6) is 0 Å². The monoisotopic (exact) mass is 381 g/mol. The summed E-state index contributed by atoms with van der Waals surface area (Å²) >= 11 is 6.80. The molecule has 2 rings (SSSR count). The van der Waals surface area contributed by atoms with Gasteiger partial charge < -0.3 is 5.32 Å². The molecule has 1 N–H and O–H groups in total. The second-order valence-corrected chi connectivity index (χ2v) is 6.21. The lowest BCUT2D eigenvalue weighted by Gasteiger charge is -2.12. The van der Waals surface area contributed by atoms with Gasteiger partial charge in [0.05, 0.1) is 0 Å². The van der Waals surface area contributed by atoms with Gasteiger partial charge in [0.2, 0.25) is 0 Å². The van der Waals surface area contributed by atoms with Gasteiger partial charge in [-0.3, -0.25) is 4.79 Å². The second kappa shape index (κ2) is 5.88. The lowest BCUT2D eigenvalue weighted by Crippen LogP contribution is -2.13. The van der Waals surface area contributed by atoms with E-state index < -0.39 is 0 Å². The van der Waals surface area contributed by atoms with Gasteiger partial charge in [-0.1, -0.05) is 31.9 Å². The molecule has 0 heterocycles. The second-order valence-electron chi connectivity index (χ2n) is 4.38. The Hall–Kier alpha value is -1.13. The van der Waals surface area contributed by atoms with Crippen molar-refractivity contribution in [2.45, 2.75) is 13.8 Å². The Morgan fingerprint density at radius 3 is 2.00 bits per heavy atom. The number of carbonyl (C=O) groups is 1. The van der Waals surface area contributed by atoms with Crippen LogP contribution in [0.3, 0.4) is 0 Å². The Balaban J connectivity index is 2.26. The summed E-state index contributed by atoms with van der Waals surface area (Å²) in [5.74, 6) is -0.0963. The van der Waals surface area contributed by atoms with Crippen molar-refractivity contribution in [1.82, 2.24) is 0 Å². The molecule has 0 atom stereocenters. The molecule has 0 aromatic heterocycles. The summed E-state index contributed by atoms with van der Waals surface area (Å²) in [6.07, 6.45) is 0. The lowest BCUT2D eigenvalue weighted by molar-refractivity contribution is 0.102. The first-order chi connectivity index (χ1) is 8.97. The van der Waals surface area contributed by atoms with Crippen LogP contribution >= 0.6 is 31.9 Å². The Kier molecular flexibility index (Phi) is 4.42. The van der Waals surface area contributed by atoms with Crippen molar-refractivity contribution in [1.29, 1.82) is 0 Å². The van der Waals surface area contributed by atoms with E-state index in [1.807, 2.05) is 38.1 Å². The van der Waals surface area contributed by atoms with Crippen molar-refractivity contribution in [3.63, 3.8) is 0 Å². The van der Waals surface area contributed by atoms with E-state index in [9.17, 15) is 4.79 Å². The molecular formula is C15H13Br2NO. The summed E-state index contributed by atoms with van der Waals surface area (Å²) in [4.78, 5) is 12.2. The van der Waals surface area contributed by atoms with Gasteiger partial charge >= 0.3 is 0 Å². The average molecular weight is 383 g/mol. The Morgan fingerprint density at radius 2 is 1.47 bits per heavy atom. The summed E-state index contributed by atoms with van der Waals surface area (Å²) in [5.41, 5.74) is 3.59. The lowest BCUT2D eigenvalue weighted by atomic mass is 10.1. The number of amides is 1. The first-order valence-electron chi connectivity index (χ1n) is 5.81. The number of benzene rings is 2. The summed E-state index contributed by atoms with van der Waals surface area (Å²) < 4.78 is 1.98. The molecule has 2 aromatic rings. The van der Waals surface area contributed by atoms with E-state index in [4.69, 9.17) is 0 Å². The number of rotatable bonds is 2. The normalized spacial score (nSPS) is 10.3. The molecular weight excluding hydrogens is 370 g/mol.